The van der Waals surface area contributed by atoms with E-state index in [-0.39, 0.29) is 0 Å². The molecule has 1 fully saturated rings. The van der Waals surface area contributed by atoms with Crippen molar-refractivity contribution in [1.82, 2.24) is 5.32 Å². The van der Waals surface area contributed by atoms with Crippen molar-refractivity contribution in [3.05, 3.63) is 60.2 Å². The van der Waals surface area contributed by atoms with Gasteiger partial charge in [0.15, 0.2) is 0 Å². The minimum atomic E-state index is 0.782. The first-order chi connectivity index (χ1) is 9.90. The van der Waals surface area contributed by atoms with E-state index >= 15 is 0 Å². The summed E-state index contributed by atoms with van der Waals surface area (Å²) in [5, 5.41) is 3.47. The molecule has 1 saturated heterocycles. The van der Waals surface area contributed by atoms with Crippen LogP contribution in [-0.2, 0) is 6.42 Å². The van der Waals surface area contributed by atoms with Crippen LogP contribution in [0.15, 0.2) is 54.6 Å². The van der Waals surface area contributed by atoms with Crippen LogP contribution in [0.1, 0.15) is 18.4 Å². The van der Waals surface area contributed by atoms with E-state index in [9.17, 15) is 0 Å². The van der Waals surface area contributed by atoms with Gasteiger partial charge in [0.05, 0.1) is 0 Å². The largest absolute Gasteiger partial charge is 0.457 e. The Morgan fingerprint density at radius 1 is 0.950 bits per heavy atom. The monoisotopic (exact) mass is 267 g/mol. The van der Waals surface area contributed by atoms with Crippen molar-refractivity contribution < 1.29 is 4.74 Å². The smallest absolute Gasteiger partial charge is 0.127 e. The molecule has 3 rings (SSSR count). The Bertz CT molecular complexity index is 515. The van der Waals surface area contributed by atoms with Crippen LogP contribution in [0.5, 0.6) is 11.5 Å². The average Bonchev–Trinajstić information content (AvgIpc) is 2.51. The Labute approximate surface area is 120 Å². The quantitative estimate of drug-likeness (QED) is 0.903. The van der Waals surface area contributed by atoms with E-state index < -0.39 is 0 Å². The summed E-state index contributed by atoms with van der Waals surface area (Å²) in [6, 6.07) is 18.4. The van der Waals surface area contributed by atoms with Gasteiger partial charge in [-0.2, -0.15) is 0 Å². The molecule has 1 aliphatic heterocycles. The number of hydrogen-bond acceptors (Lipinski definition) is 2. The fourth-order valence-corrected chi connectivity index (χ4v) is 2.75. The van der Waals surface area contributed by atoms with E-state index in [0.717, 1.165) is 24.0 Å². The first-order valence-corrected chi connectivity index (χ1v) is 7.43. The van der Waals surface area contributed by atoms with Crippen LogP contribution < -0.4 is 10.1 Å². The molecule has 2 aromatic carbocycles. The number of benzene rings is 2. The predicted octanol–water partition coefficient (Wildman–Crippen LogP) is 4.02. The molecule has 20 heavy (non-hydrogen) atoms. The van der Waals surface area contributed by atoms with Gasteiger partial charge in [-0.3, -0.25) is 0 Å². The Morgan fingerprint density at radius 2 is 1.70 bits per heavy atom. The van der Waals surface area contributed by atoms with Gasteiger partial charge in [0, 0.05) is 0 Å². The number of hydrogen-bond donors (Lipinski definition) is 1. The molecule has 0 aromatic heterocycles. The highest BCUT2D eigenvalue weighted by atomic mass is 16.5. The minimum absolute atomic E-state index is 0.782. The van der Waals surface area contributed by atoms with Gasteiger partial charge in [0.25, 0.3) is 0 Å². The van der Waals surface area contributed by atoms with Gasteiger partial charge in [-0.25, -0.2) is 0 Å². The molecular weight excluding hydrogens is 246 g/mol. The van der Waals surface area contributed by atoms with Gasteiger partial charge in [-0.1, -0.05) is 30.3 Å². The molecule has 1 aliphatic rings. The lowest BCUT2D eigenvalue weighted by Gasteiger charge is -2.22. The summed E-state index contributed by atoms with van der Waals surface area (Å²) in [4.78, 5) is 0. The van der Waals surface area contributed by atoms with Gasteiger partial charge >= 0.3 is 0 Å². The van der Waals surface area contributed by atoms with E-state index in [1.165, 1.54) is 31.4 Å². The second-order valence-corrected chi connectivity index (χ2v) is 5.48. The lowest BCUT2D eigenvalue weighted by molar-refractivity contribution is 0.376. The molecule has 2 aromatic rings. The van der Waals surface area contributed by atoms with Crippen molar-refractivity contribution >= 4 is 0 Å². The van der Waals surface area contributed by atoms with Gasteiger partial charge in [-0.05, 0) is 68.1 Å². The number of para-hydroxylation sites is 1. The third-order valence-corrected chi connectivity index (χ3v) is 3.83. The maximum Gasteiger partial charge on any atom is 0.127 e. The highest BCUT2D eigenvalue weighted by molar-refractivity contribution is 5.33. The minimum Gasteiger partial charge on any atom is -0.457 e. The molecule has 1 atom stereocenters. The van der Waals surface area contributed by atoms with Crippen LogP contribution >= 0.6 is 0 Å². The van der Waals surface area contributed by atoms with Crippen molar-refractivity contribution in [2.24, 2.45) is 5.92 Å². The molecule has 104 valence electrons. The molecule has 0 aliphatic carbocycles. The van der Waals surface area contributed by atoms with Crippen molar-refractivity contribution in [1.29, 1.82) is 0 Å². The Morgan fingerprint density at radius 3 is 2.40 bits per heavy atom. The van der Waals surface area contributed by atoms with Crippen LogP contribution in [0.25, 0.3) is 0 Å². The van der Waals surface area contributed by atoms with Crippen LogP contribution in [0.3, 0.4) is 0 Å². The molecule has 0 spiro atoms. The topological polar surface area (TPSA) is 21.3 Å². The van der Waals surface area contributed by atoms with Gasteiger partial charge in [0.1, 0.15) is 11.5 Å². The zero-order valence-electron chi connectivity index (χ0n) is 11.7. The summed E-state index contributed by atoms with van der Waals surface area (Å²) >= 11 is 0. The zero-order valence-corrected chi connectivity index (χ0v) is 11.7. The number of rotatable bonds is 4. The summed E-state index contributed by atoms with van der Waals surface area (Å²) in [6.07, 6.45) is 3.81. The maximum absolute atomic E-state index is 5.81. The molecule has 0 saturated carbocycles. The first kappa shape index (κ1) is 13.2. The van der Waals surface area contributed by atoms with Crippen molar-refractivity contribution in [2.75, 3.05) is 13.1 Å². The molecule has 1 N–H and O–H groups in total. The van der Waals surface area contributed by atoms with E-state index in [1.807, 2.05) is 30.3 Å². The third kappa shape index (κ3) is 3.61. The molecule has 1 heterocycles. The molecular formula is C18H21NO. The standard InChI is InChI=1S/C18H21NO/c1-2-6-17(7-3-1)20-18-10-8-15(9-11-18)13-16-5-4-12-19-14-16/h1-3,6-11,16,19H,4-5,12-14H2/t16-/m0/s1. The second-order valence-electron chi connectivity index (χ2n) is 5.48. The Hall–Kier alpha value is -1.80. The van der Waals surface area contributed by atoms with E-state index in [2.05, 4.69) is 29.6 Å². The third-order valence-electron chi connectivity index (χ3n) is 3.83. The highest BCUT2D eigenvalue weighted by Gasteiger charge is 2.13. The fourth-order valence-electron chi connectivity index (χ4n) is 2.75. The second kappa shape index (κ2) is 6.58. The Kier molecular flexibility index (Phi) is 4.34. The fraction of sp³-hybridized carbons (Fsp3) is 0.333. The van der Waals surface area contributed by atoms with Crippen LogP contribution in [0.2, 0.25) is 0 Å². The van der Waals surface area contributed by atoms with E-state index in [0.29, 0.717) is 0 Å². The van der Waals surface area contributed by atoms with Crippen LogP contribution in [0.4, 0.5) is 0 Å². The van der Waals surface area contributed by atoms with Gasteiger partial charge in [0.2, 0.25) is 0 Å². The van der Waals surface area contributed by atoms with Crippen LogP contribution in [0, 0.1) is 5.92 Å². The highest BCUT2D eigenvalue weighted by Crippen LogP contribution is 2.23. The summed E-state index contributed by atoms with van der Waals surface area (Å²) < 4.78 is 5.81. The molecule has 0 radical (unpaired) electrons. The van der Waals surface area contributed by atoms with E-state index in [1.54, 1.807) is 0 Å². The van der Waals surface area contributed by atoms with Crippen molar-refractivity contribution in [3.8, 4) is 11.5 Å². The predicted molar refractivity (Wildman–Crippen MR) is 82.3 cm³/mol. The lowest BCUT2D eigenvalue weighted by atomic mass is 9.92. The molecule has 0 bridgehead atoms. The van der Waals surface area contributed by atoms with Crippen LogP contribution in [-0.4, -0.2) is 13.1 Å². The molecule has 0 unspecified atom stereocenters. The average molecular weight is 267 g/mol. The summed E-state index contributed by atoms with van der Waals surface area (Å²) in [7, 11) is 0. The number of nitrogens with one attached hydrogen (secondary N) is 1. The van der Waals surface area contributed by atoms with Gasteiger partial charge in [-0.15, -0.1) is 0 Å². The maximum atomic E-state index is 5.81. The molecule has 0 amide bonds. The van der Waals surface area contributed by atoms with E-state index in [4.69, 9.17) is 4.74 Å². The number of piperidine rings is 1. The summed E-state index contributed by atoms with van der Waals surface area (Å²) in [6.45, 7) is 2.34. The molecule has 2 heteroatoms. The van der Waals surface area contributed by atoms with Gasteiger partial charge < -0.3 is 10.1 Å². The SMILES string of the molecule is c1ccc(Oc2ccc(C[C@@H]3CCCNC3)cc2)cc1. The summed E-state index contributed by atoms with van der Waals surface area (Å²) in [5.41, 5.74) is 1.40. The van der Waals surface area contributed by atoms with Crippen molar-refractivity contribution in [3.63, 3.8) is 0 Å². The summed E-state index contributed by atoms with van der Waals surface area (Å²) in [5.74, 6) is 2.57. The first-order valence-electron chi connectivity index (χ1n) is 7.43. The van der Waals surface area contributed by atoms with Crippen molar-refractivity contribution in [2.45, 2.75) is 19.3 Å². The molecule has 2 nitrogen and oxygen atoms in total. The normalized spacial score (nSPS) is 18.7. The zero-order chi connectivity index (χ0) is 13.6. The Balaban J connectivity index is 1.59. The number of ether oxygens (including phenoxy) is 1. The lowest BCUT2D eigenvalue weighted by Crippen LogP contribution is -2.30.